The third-order valence-electron chi connectivity index (χ3n) is 4.23. The summed E-state index contributed by atoms with van der Waals surface area (Å²) in [5.74, 6) is -0.121. The van der Waals surface area contributed by atoms with Gasteiger partial charge in [-0.2, -0.15) is 0 Å². The Morgan fingerprint density at radius 1 is 0.500 bits per heavy atom. The molecule has 0 bridgehead atoms. The number of carbonyl (C=O) groups is 1. The molecule has 0 aliphatic heterocycles. The molecule has 0 radical (unpaired) electrons. The highest BCUT2D eigenvalue weighted by Crippen LogP contribution is 2.08. The van der Waals surface area contributed by atoms with Gasteiger partial charge in [-0.1, -0.05) is 58.8 Å². The maximum absolute atomic E-state index is 11.6. The Morgan fingerprint density at radius 3 is 1.46 bits per heavy atom. The van der Waals surface area contributed by atoms with E-state index < -0.39 is 0 Å². The van der Waals surface area contributed by atoms with Crippen molar-refractivity contribution in [3.63, 3.8) is 0 Å². The molecule has 0 amide bonds. The van der Waals surface area contributed by atoms with Crippen LogP contribution in [0.1, 0.15) is 78.1 Å². The topological polar surface area (TPSA) is 63.2 Å². The number of esters is 1. The second kappa shape index (κ2) is 24.3. The van der Waals surface area contributed by atoms with Crippen molar-refractivity contribution < 1.29 is 28.5 Å². The van der Waals surface area contributed by atoms with Gasteiger partial charge in [0.2, 0.25) is 0 Å². The zero-order valence-corrected chi connectivity index (χ0v) is 18.4. The maximum atomic E-state index is 11.6. The van der Waals surface area contributed by atoms with Crippen LogP contribution in [0.25, 0.3) is 0 Å². The number of hydrogen-bond donors (Lipinski definition) is 0. The fourth-order valence-electron chi connectivity index (χ4n) is 2.52. The van der Waals surface area contributed by atoms with Crippen LogP contribution in [0.3, 0.4) is 0 Å². The van der Waals surface area contributed by atoms with E-state index in [1.807, 2.05) is 0 Å². The lowest BCUT2D eigenvalue weighted by molar-refractivity contribution is -0.145. The third-order valence-corrected chi connectivity index (χ3v) is 4.23. The summed E-state index contributed by atoms with van der Waals surface area (Å²) in [6.45, 7) is 9.27. The van der Waals surface area contributed by atoms with Crippen molar-refractivity contribution in [3.05, 3.63) is 0 Å². The van der Waals surface area contributed by atoms with E-state index in [-0.39, 0.29) is 5.97 Å². The Balaban J connectivity index is 3.11. The molecule has 0 N–H and O–H groups in total. The van der Waals surface area contributed by atoms with Gasteiger partial charge in [-0.3, -0.25) is 4.79 Å². The van der Waals surface area contributed by atoms with Crippen LogP contribution in [0.4, 0.5) is 0 Å². The highest BCUT2D eigenvalue weighted by molar-refractivity contribution is 5.69. The van der Waals surface area contributed by atoms with Crippen LogP contribution in [0, 0.1) is 0 Å². The van der Waals surface area contributed by atoms with Crippen molar-refractivity contribution in [1.82, 2.24) is 0 Å². The minimum Gasteiger partial charge on any atom is -0.463 e. The fraction of sp³-hybridized carbons (Fsp3) is 0.955. The molecular weight excluding hydrogens is 360 g/mol. The van der Waals surface area contributed by atoms with E-state index in [1.165, 1.54) is 32.1 Å². The van der Waals surface area contributed by atoms with Crippen LogP contribution < -0.4 is 0 Å². The Hall–Kier alpha value is -0.690. The summed E-state index contributed by atoms with van der Waals surface area (Å²) in [6, 6.07) is 0. The first-order chi connectivity index (χ1) is 13.8. The average molecular weight is 405 g/mol. The Labute approximate surface area is 172 Å². The molecule has 0 aliphatic carbocycles. The average Bonchev–Trinajstić information content (AvgIpc) is 2.70. The molecule has 28 heavy (non-hydrogen) atoms. The molecule has 0 spiro atoms. The molecule has 6 heteroatoms. The highest BCUT2D eigenvalue weighted by atomic mass is 16.6. The molecule has 6 nitrogen and oxygen atoms in total. The highest BCUT2D eigenvalue weighted by Gasteiger charge is 2.02. The SMILES string of the molecule is CCCCCCCCCC(=O)OCCOCCOCCOCCOCCCC. The van der Waals surface area contributed by atoms with E-state index in [2.05, 4.69) is 13.8 Å². The Morgan fingerprint density at radius 2 is 0.929 bits per heavy atom. The van der Waals surface area contributed by atoms with Gasteiger partial charge in [-0.05, 0) is 12.8 Å². The summed E-state index contributed by atoms with van der Waals surface area (Å²) in [7, 11) is 0. The van der Waals surface area contributed by atoms with Crippen molar-refractivity contribution >= 4 is 5.97 Å². The molecular formula is C22H44O6. The first-order valence-corrected chi connectivity index (χ1v) is 11.3. The van der Waals surface area contributed by atoms with Crippen LogP contribution in [0.5, 0.6) is 0 Å². The van der Waals surface area contributed by atoms with E-state index in [9.17, 15) is 4.79 Å². The van der Waals surface area contributed by atoms with E-state index in [0.29, 0.717) is 59.3 Å². The van der Waals surface area contributed by atoms with Crippen molar-refractivity contribution in [3.8, 4) is 0 Å². The van der Waals surface area contributed by atoms with Gasteiger partial charge >= 0.3 is 5.97 Å². The first-order valence-electron chi connectivity index (χ1n) is 11.3. The van der Waals surface area contributed by atoms with Crippen LogP contribution >= 0.6 is 0 Å². The van der Waals surface area contributed by atoms with Crippen LogP contribution in [-0.4, -0.2) is 65.4 Å². The van der Waals surface area contributed by atoms with Gasteiger partial charge in [0.25, 0.3) is 0 Å². The monoisotopic (exact) mass is 404 g/mol. The van der Waals surface area contributed by atoms with Crippen LogP contribution in [0.2, 0.25) is 0 Å². The third kappa shape index (κ3) is 23.3. The summed E-state index contributed by atoms with van der Waals surface area (Å²) in [6.07, 6.45) is 11.2. The van der Waals surface area contributed by atoms with Crippen molar-refractivity contribution in [2.75, 3.05) is 59.5 Å². The van der Waals surface area contributed by atoms with Gasteiger partial charge in [0.1, 0.15) is 6.61 Å². The van der Waals surface area contributed by atoms with E-state index in [1.54, 1.807) is 0 Å². The first kappa shape index (κ1) is 27.3. The van der Waals surface area contributed by atoms with Gasteiger partial charge in [0.05, 0.1) is 46.2 Å². The minimum absolute atomic E-state index is 0.121. The lowest BCUT2D eigenvalue weighted by Crippen LogP contribution is -2.14. The van der Waals surface area contributed by atoms with E-state index >= 15 is 0 Å². The molecule has 0 atom stereocenters. The number of unbranched alkanes of at least 4 members (excludes halogenated alkanes) is 7. The molecule has 0 aromatic rings. The summed E-state index contributed by atoms with van der Waals surface area (Å²) in [5.41, 5.74) is 0. The van der Waals surface area contributed by atoms with Crippen molar-refractivity contribution in [1.29, 1.82) is 0 Å². The summed E-state index contributed by atoms with van der Waals surface area (Å²) in [4.78, 5) is 11.6. The standard InChI is InChI=1S/C22H44O6/c1-3-5-7-8-9-10-11-12-22(23)28-21-20-27-19-18-26-17-16-25-15-14-24-13-6-4-2/h3-21H2,1-2H3. The number of ether oxygens (including phenoxy) is 5. The molecule has 0 rings (SSSR count). The van der Waals surface area contributed by atoms with Crippen molar-refractivity contribution in [2.45, 2.75) is 78.1 Å². The lowest BCUT2D eigenvalue weighted by atomic mass is 10.1. The largest absolute Gasteiger partial charge is 0.463 e. The molecule has 0 unspecified atom stereocenters. The molecule has 168 valence electrons. The maximum Gasteiger partial charge on any atom is 0.305 e. The summed E-state index contributed by atoms with van der Waals surface area (Å²) in [5, 5.41) is 0. The molecule has 0 aromatic carbocycles. The predicted octanol–water partition coefficient (Wildman–Crippen LogP) is 4.54. The number of rotatable bonds is 23. The molecule has 0 saturated heterocycles. The normalized spacial score (nSPS) is 11.1. The lowest BCUT2D eigenvalue weighted by Gasteiger charge is -2.08. The second-order valence-electron chi connectivity index (χ2n) is 6.89. The van der Waals surface area contributed by atoms with Gasteiger partial charge in [-0.25, -0.2) is 0 Å². The molecule has 0 saturated carbocycles. The van der Waals surface area contributed by atoms with Crippen LogP contribution in [-0.2, 0) is 28.5 Å². The Kier molecular flexibility index (Phi) is 23.7. The fourth-order valence-corrected chi connectivity index (χ4v) is 2.52. The molecule has 0 fully saturated rings. The molecule has 0 aliphatic rings. The minimum atomic E-state index is -0.121. The van der Waals surface area contributed by atoms with Gasteiger partial charge in [0.15, 0.2) is 0 Å². The summed E-state index contributed by atoms with van der Waals surface area (Å²) >= 11 is 0. The van der Waals surface area contributed by atoms with E-state index in [0.717, 1.165) is 32.3 Å². The van der Waals surface area contributed by atoms with E-state index in [4.69, 9.17) is 23.7 Å². The molecule has 0 aromatic heterocycles. The zero-order chi connectivity index (χ0) is 20.5. The Bertz CT molecular complexity index is 311. The van der Waals surface area contributed by atoms with Gasteiger partial charge < -0.3 is 23.7 Å². The smallest absolute Gasteiger partial charge is 0.305 e. The number of hydrogen-bond acceptors (Lipinski definition) is 6. The van der Waals surface area contributed by atoms with Crippen LogP contribution in [0.15, 0.2) is 0 Å². The van der Waals surface area contributed by atoms with Crippen molar-refractivity contribution in [2.24, 2.45) is 0 Å². The molecule has 0 heterocycles. The number of carbonyl (C=O) groups excluding carboxylic acids is 1. The van der Waals surface area contributed by atoms with Gasteiger partial charge in [0, 0.05) is 13.0 Å². The van der Waals surface area contributed by atoms with Gasteiger partial charge in [-0.15, -0.1) is 0 Å². The zero-order valence-electron chi connectivity index (χ0n) is 18.4. The quantitative estimate of drug-likeness (QED) is 0.184. The second-order valence-corrected chi connectivity index (χ2v) is 6.89. The predicted molar refractivity (Wildman–Crippen MR) is 112 cm³/mol. The summed E-state index contributed by atoms with van der Waals surface area (Å²) < 4.78 is 26.7.